The number of nitrogen functional groups attached to an aromatic ring is 1. The first-order valence-corrected chi connectivity index (χ1v) is 4.75. The molecule has 4 nitrogen and oxygen atoms in total. The molecule has 0 aliphatic carbocycles. The van der Waals surface area contributed by atoms with Crippen LogP contribution in [0, 0.1) is 6.92 Å². The molecule has 0 aliphatic heterocycles. The number of anilines is 1. The van der Waals surface area contributed by atoms with E-state index in [-0.39, 0.29) is 5.88 Å². The molecule has 14 heavy (non-hydrogen) atoms. The Bertz CT molecular complexity index is 320. The van der Waals surface area contributed by atoms with Crippen LogP contribution in [0.1, 0.15) is 17.4 Å². The van der Waals surface area contributed by atoms with Gasteiger partial charge < -0.3 is 15.9 Å². The van der Waals surface area contributed by atoms with Gasteiger partial charge in [0.1, 0.15) is 11.9 Å². The van der Waals surface area contributed by atoms with Gasteiger partial charge in [0.05, 0.1) is 12.0 Å². The summed E-state index contributed by atoms with van der Waals surface area (Å²) in [5.74, 6) is 0.365. The van der Waals surface area contributed by atoms with Crippen LogP contribution in [-0.2, 0) is 0 Å². The molecule has 0 saturated carbocycles. The van der Waals surface area contributed by atoms with Gasteiger partial charge in [0.2, 0.25) is 0 Å². The minimum Gasteiger partial charge on any atom is -0.389 e. The van der Waals surface area contributed by atoms with Gasteiger partial charge in [-0.25, -0.2) is 4.98 Å². The van der Waals surface area contributed by atoms with Gasteiger partial charge >= 0.3 is 0 Å². The predicted octanol–water partition coefficient (Wildman–Crippen LogP) is 0.605. The lowest BCUT2D eigenvalue weighted by atomic mass is 10.0. The Morgan fingerprint density at radius 3 is 2.64 bits per heavy atom. The molecule has 0 amide bonds. The largest absolute Gasteiger partial charge is 0.389 e. The standard InChI is InChI=1S/C9H13ClN2O2/c1-5-6(2-3-8(11)12-5)9(14)7(13)4-10/h2-3,7,9,13-14H,4H2,1H3,(H2,11,12). The lowest BCUT2D eigenvalue weighted by Crippen LogP contribution is -2.21. The zero-order valence-electron chi connectivity index (χ0n) is 7.81. The molecule has 4 N–H and O–H groups in total. The summed E-state index contributed by atoms with van der Waals surface area (Å²) in [4.78, 5) is 3.97. The number of nitrogens with zero attached hydrogens (tertiary/aromatic N) is 1. The van der Waals surface area contributed by atoms with E-state index in [9.17, 15) is 10.2 Å². The molecule has 1 aromatic rings. The number of aromatic nitrogens is 1. The van der Waals surface area contributed by atoms with Crippen molar-refractivity contribution < 1.29 is 10.2 Å². The quantitative estimate of drug-likeness (QED) is 0.647. The molecule has 0 bridgehead atoms. The Morgan fingerprint density at radius 2 is 2.14 bits per heavy atom. The number of aryl methyl sites for hydroxylation is 1. The summed E-state index contributed by atoms with van der Waals surface area (Å²) >= 11 is 5.43. The van der Waals surface area contributed by atoms with Crippen LogP contribution in [0.15, 0.2) is 12.1 Å². The monoisotopic (exact) mass is 216 g/mol. The summed E-state index contributed by atoms with van der Waals surface area (Å²) in [6.07, 6.45) is -2.00. The molecule has 0 fully saturated rings. The van der Waals surface area contributed by atoms with Crippen LogP contribution in [0.2, 0.25) is 0 Å². The van der Waals surface area contributed by atoms with Crippen LogP contribution in [0.5, 0.6) is 0 Å². The van der Waals surface area contributed by atoms with E-state index < -0.39 is 12.2 Å². The number of hydrogen-bond acceptors (Lipinski definition) is 4. The molecule has 0 saturated heterocycles. The maximum Gasteiger partial charge on any atom is 0.123 e. The van der Waals surface area contributed by atoms with Gasteiger partial charge in [0, 0.05) is 11.3 Å². The molecule has 5 heteroatoms. The highest BCUT2D eigenvalue weighted by atomic mass is 35.5. The Morgan fingerprint density at radius 1 is 1.50 bits per heavy atom. The topological polar surface area (TPSA) is 79.4 Å². The first-order valence-electron chi connectivity index (χ1n) is 4.21. The first kappa shape index (κ1) is 11.2. The van der Waals surface area contributed by atoms with Crippen LogP contribution in [0.4, 0.5) is 5.82 Å². The molecular formula is C9H13ClN2O2. The smallest absolute Gasteiger partial charge is 0.123 e. The van der Waals surface area contributed by atoms with E-state index in [0.717, 1.165) is 0 Å². The molecular weight excluding hydrogens is 204 g/mol. The highest BCUT2D eigenvalue weighted by Gasteiger charge is 2.19. The van der Waals surface area contributed by atoms with Crippen LogP contribution in [0.3, 0.4) is 0 Å². The number of rotatable bonds is 3. The molecule has 0 aliphatic rings. The van der Waals surface area contributed by atoms with Crippen LogP contribution in [-0.4, -0.2) is 27.2 Å². The SMILES string of the molecule is Cc1nc(N)ccc1C(O)C(O)CCl. The van der Waals surface area contributed by atoms with E-state index >= 15 is 0 Å². The summed E-state index contributed by atoms with van der Waals surface area (Å²) in [5, 5.41) is 19.0. The molecule has 1 aromatic heterocycles. The molecule has 1 rings (SSSR count). The maximum absolute atomic E-state index is 9.65. The van der Waals surface area contributed by atoms with E-state index in [2.05, 4.69) is 4.98 Å². The number of pyridine rings is 1. The first-order chi connectivity index (χ1) is 6.56. The van der Waals surface area contributed by atoms with Gasteiger partial charge in [0.15, 0.2) is 0 Å². The number of hydrogen-bond donors (Lipinski definition) is 3. The van der Waals surface area contributed by atoms with Crippen molar-refractivity contribution in [1.82, 2.24) is 4.98 Å². The van der Waals surface area contributed by atoms with Crippen molar-refractivity contribution in [1.29, 1.82) is 0 Å². The van der Waals surface area contributed by atoms with Crippen molar-refractivity contribution in [3.8, 4) is 0 Å². The van der Waals surface area contributed by atoms with Crippen molar-refractivity contribution in [2.45, 2.75) is 19.1 Å². The molecule has 2 atom stereocenters. The fraction of sp³-hybridized carbons (Fsp3) is 0.444. The molecule has 1 heterocycles. The van der Waals surface area contributed by atoms with Crippen molar-refractivity contribution in [3.63, 3.8) is 0 Å². The third-order valence-corrected chi connectivity index (χ3v) is 2.31. The zero-order valence-corrected chi connectivity index (χ0v) is 8.57. The Hall–Kier alpha value is -0.840. The number of alkyl halides is 1. The van der Waals surface area contributed by atoms with Crippen LogP contribution in [0.25, 0.3) is 0 Å². The molecule has 0 aromatic carbocycles. The van der Waals surface area contributed by atoms with E-state index in [1.165, 1.54) is 0 Å². The molecule has 0 spiro atoms. The van der Waals surface area contributed by atoms with Gasteiger partial charge in [-0.3, -0.25) is 0 Å². The minimum absolute atomic E-state index is 0.0228. The van der Waals surface area contributed by atoms with E-state index in [0.29, 0.717) is 17.1 Å². The Balaban J connectivity index is 2.95. The average Bonchev–Trinajstić information content (AvgIpc) is 2.15. The third-order valence-electron chi connectivity index (χ3n) is 1.99. The van der Waals surface area contributed by atoms with Gasteiger partial charge in [-0.05, 0) is 13.0 Å². The lowest BCUT2D eigenvalue weighted by molar-refractivity contribution is 0.0321. The number of aliphatic hydroxyl groups excluding tert-OH is 2. The van der Waals surface area contributed by atoms with E-state index in [1.54, 1.807) is 19.1 Å². The predicted molar refractivity (Wildman–Crippen MR) is 55.1 cm³/mol. The highest BCUT2D eigenvalue weighted by molar-refractivity contribution is 6.18. The third kappa shape index (κ3) is 2.35. The van der Waals surface area contributed by atoms with Gasteiger partial charge in [-0.1, -0.05) is 6.07 Å². The van der Waals surface area contributed by atoms with Crippen LogP contribution >= 0.6 is 11.6 Å². The maximum atomic E-state index is 9.65. The number of aliphatic hydroxyl groups is 2. The lowest BCUT2D eigenvalue weighted by Gasteiger charge is -2.17. The summed E-state index contributed by atoms with van der Waals surface area (Å²) < 4.78 is 0. The zero-order chi connectivity index (χ0) is 10.7. The summed E-state index contributed by atoms with van der Waals surface area (Å²) in [6, 6.07) is 3.21. The van der Waals surface area contributed by atoms with Crippen molar-refractivity contribution in [3.05, 3.63) is 23.4 Å². The molecule has 2 unspecified atom stereocenters. The normalized spacial score (nSPS) is 15.1. The molecule has 78 valence electrons. The number of nitrogens with two attached hydrogens (primary N) is 1. The number of halogens is 1. The van der Waals surface area contributed by atoms with E-state index in [1.807, 2.05) is 0 Å². The Labute approximate surface area is 87.3 Å². The van der Waals surface area contributed by atoms with Crippen molar-refractivity contribution in [2.24, 2.45) is 0 Å². The van der Waals surface area contributed by atoms with Crippen molar-refractivity contribution in [2.75, 3.05) is 11.6 Å². The summed E-state index contributed by atoms with van der Waals surface area (Å²) in [7, 11) is 0. The summed E-state index contributed by atoms with van der Waals surface area (Å²) in [5.41, 5.74) is 6.60. The van der Waals surface area contributed by atoms with Gasteiger partial charge in [-0.2, -0.15) is 0 Å². The summed E-state index contributed by atoms with van der Waals surface area (Å²) in [6.45, 7) is 1.72. The van der Waals surface area contributed by atoms with Crippen LogP contribution < -0.4 is 5.73 Å². The molecule has 0 radical (unpaired) electrons. The Kier molecular flexibility index (Phi) is 3.69. The second-order valence-electron chi connectivity index (χ2n) is 3.08. The average molecular weight is 217 g/mol. The van der Waals surface area contributed by atoms with E-state index in [4.69, 9.17) is 17.3 Å². The van der Waals surface area contributed by atoms with Gasteiger partial charge in [-0.15, -0.1) is 11.6 Å². The highest BCUT2D eigenvalue weighted by Crippen LogP contribution is 2.21. The van der Waals surface area contributed by atoms with Gasteiger partial charge in [0.25, 0.3) is 0 Å². The van der Waals surface area contributed by atoms with Crippen molar-refractivity contribution >= 4 is 17.4 Å². The second kappa shape index (κ2) is 4.59. The second-order valence-corrected chi connectivity index (χ2v) is 3.39. The minimum atomic E-state index is -1.01. The fourth-order valence-electron chi connectivity index (χ4n) is 1.20. The fourth-order valence-corrected chi connectivity index (χ4v) is 1.36.